The maximum absolute atomic E-state index is 13.4. The first kappa shape index (κ1) is 30.5. The van der Waals surface area contributed by atoms with E-state index in [9.17, 15) is 24.3 Å². The van der Waals surface area contributed by atoms with Crippen LogP contribution in [0.3, 0.4) is 0 Å². The highest BCUT2D eigenvalue weighted by atomic mass is 16.4. The Bertz CT molecular complexity index is 1040. The van der Waals surface area contributed by atoms with Gasteiger partial charge < -0.3 is 31.8 Å². The number of rotatable bonds is 15. The number of carboxylic acids is 1. The molecule has 0 aliphatic carbocycles. The Balaban J connectivity index is 2.18. The fourth-order valence-electron chi connectivity index (χ4n) is 3.98. The van der Waals surface area contributed by atoms with E-state index >= 15 is 0 Å². The number of benzene rings is 1. The summed E-state index contributed by atoms with van der Waals surface area (Å²) in [5.74, 6) is -3.07. The summed E-state index contributed by atoms with van der Waals surface area (Å²) < 4.78 is 0. The second kappa shape index (κ2) is 14.9. The van der Waals surface area contributed by atoms with E-state index in [0.29, 0.717) is 18.5 Å². The van der Waals surface area contributed by atoms with Crippen LogP contribution < -0.4 is 21.7 Å². The van der Waals surface area contributed by atoms with Crippen LogP contribution >= 0.6 is 0 Å². The predicted octanol–water partition coefficient (Wildman–Crippen LogP) is 1.15. The van der Waals surface area contributed by atoms with E-state index in [1.807, 2.05) is 58.0 Å². The third kappa shape index (κ3) is 9.62. The number of amides is 3. The molecule has 11 heteroatoms. The molecule has 1 aromatic heterocycles. The number of nitrogens with two attached hydrogens (primary N) is 1. The monoisotopic (exact) mass is 528 g/mol. The number of aliphatic carboxylic acids is 1. The quantitative estimate of drug-likeness (QED) is 0.201. The van der Waals surface area contributed by atoms with Crippen molar-refractivity contribution in [3.05, 3.63) is 54.1 Å². The molecule has 7 N–H and O–H groups in total. The smallest absolute Gasteiger partial charge is 0.326 e. The standard InChI is InChI=1S/C27H40N6O5/c1-5-17(4)23(33-24(34)20(28)12-18-9-7-6-8-10-18)26(36)31-21(13-19-14-29-15-30-19)25(35)32-22(27(37)38)11-16(2)3/h6-10,14-17,20-23H,5,11-13,28H2,1-4H3,(H,29,30)(H,31,36)(H,32,35)(H,33,34)(H,37,38). The van der Waals surface area contributed by atoms with Gasteiger partial charge >= 0.3 is 5.97 Å². The Morgan fingerprint density at radius 1 is 0.947 bits per heavy atom. The van der Waals surface area contributed by atoms with Gasteiger partial charge in [0.2, 0.25) is 17.7 Å². The molecule has 5 atom stereocenters. The third-order valence-corrected chi connectivity index (χ3v) is 6.36. The number of H-pyrrole nitrogens is 1. The summed E-state index contributed by atoms with van der Waals surface area (Å²) in [6.07, 6.45) is 4.14. The second-order valence-electron chi connectivity index (χ2n) is 10.0. The number of aromatic nitrogens is 2. The fraction of sp³-hybridized carbons (Fsp3) is 0.519. The minimum atomic E-state index is -1.16. The van der Waals surface area contributed by atoms with Crippen molar-refractivity contribution in [2.45, 2.75) is 77.5 Å². The molecule has 208 valence electrons. The van der Waals surface area contributed by atoms with Crippen molar-refractivity contribution in [2.24, 2.45) is 17.6 Å². The molecule has 11 nitrogen and oxygen atoms in total. The molecule has 0 aliphatic rings. The van der Waals surface area contributed by atoms with Gasteiger partial charge in [-0.1, -0.05) is 64.4 Å². The molecule has 5 unspecified atom stereocenters. The summed E-state index contributed by atoms with van der Waals surface area (Å²) in [7, 11) is 0. The molecule has 0 bridgehead atoms. The maximum Gasteiger partial charge on any atom is 0.326 e. The van der Waals surface area contributed by atoms with Crippen LogP contribution in [0, 0.1) is 11.8 Å². The van der Waals surface area contributed by atoms with Crippen LogP contribution in [0.5, 0.6) is 0 Å². The lowest BCUT2D eigenvalue weighted by atomic mass is 9.96. The molecule has 0 aliphatic heterocycles. The van der Waals surface area contributed by atoms with Gasteiger partial charge in [0.15, 0.2) is 0 Å². The van der Waals surface area contributed by atoms with E-state index in [4.69, 9.17) is 5.73 Å². The van der Waals surface area contributed by atoms with Crippen LogP contribution in [-0.2, 0) is 32.0 Å². The molecule has 0 radical (unpaired) electrons. The Hall–Kier alpha value is -3.73. The summed E-state index contributed by atoms with van der Waals surface area (Å²) in [6, 6.07) is 5.30. The first-order chi connectivity index (χ1) is 18.0. The molecule has 1 aromatic carbocycles. The topological polar surface area (TPSA) is 179 Å². The average molecular weight is 529 g/mol. The number of nitrogens with zero attached hydrogens (tertiary/aromatic N) is 1. The Morgan fingerprint density at radius 2 is 1.61 bits per heavy atom. The summed E-state index contributed by atoms with van der Waals surface area (Å²) in [4.78, 5) is 58.0. The molecule has 2 rings (SSSR count). The van der Waals surface area contributed by atoms with Crippen LogP contribution in [0.15, 0.2) is 42.9 Å². The predicted molar refractivity (Wildman–Crippen MR) is 143 cm³/mol. The molecule has 0 saturated carbocycles. The van der Waals surface area contributed by atoms with Crippen LogP contribution in [0.2, 0.25) is 0 Å². The molecule has 0 spiro atoms. The van der Waals surface area contributed by atoms with Crippen LogP contribution in [0.25, 0.3) is 0 Å². The highest BCUT2D eigenvalue weighted by Crippen LogP contribution is 2.11. The molecule has 0 fully saturated rings. The number of hydrogen-bond acceptors (Lipinski definition) is 6. The summed E-state index contributed by atoms with van der Waals surface area (Å²) in [6.45, 7) is 7.42. The summed E-state index contributed by atoms with van der Waals surface area (Å²) >= 11 is 0. The van der Waals surface area contributed by atoms with Gasteiger partial charge in [-0.2, -0.15) is 0 Å². The number of carbonyl (C=O) groups excluding carboxylic acids is 3. The Labute approximate surface area is 223 Å². The minimum Gasteiger partial charge on any atom is -0.480 e. The first-order valence-corrected chi connectivity index (χ1v) is 12.9. The number of hydrogen-bond donors (Lipinski definition) is 6. The molecule has 0 saturated heterocycles. The number of nitrogens with one attached hydrogen (secondary N) is 4. The van der Waals surface area contributed by atoms with Gasteiger partial charge in [0.05, 0.1) is 12.4 Å². The Kier molecular flexibility index (Phi) is 11.9. The molecule has 2 aromatic rings. The fourth-order valence-corrected chi connectivity index (χ4v) is 3.98. The summed E-state index contributed by atoms with van der Waals surface area (Å²) in [5.41, 5.74) is 7.60. The van der Waals surface area contributed by atoms with E-state index in [1.54, 1.807) is 0 Å². The molecular formula is C27H40N6O5. The zero-order chi connectivity index (χ0) is 28.2. The van der Waals surface area contributed by atoms with Crippen molar-refractivity contribution >= 4 is 23.7 Å². The second-order valence-corrected chi connectivity index (χ2v) is 10.0. The van der Waals surface area contributed by atoms with E-state index in [1.165, 1.54) is 12.5 Å². The van der Waals surface area contributed by atoms with Crippen molar-refractivity contribution in [1.29, 1.82) is 0 Å². The van der Waals surface area contributed by atoms with E-state index < -0.39 is 47.9 Å². The van der Waals surface area contributed by atoms with Gasteiger partial charge in [0, 0.05) is 18.3 Å². The minimum absolute atomic E-state index is 0.0298. The lowest BCUT2D eigenvalue weighted by Gasteiger charge is -2.28. The van der Waals surface area contributed by atoms with Gasteiger partial charge in [0.1, 0.15) is 18.1 Å². The highest BCUT2D eigenvalue weighted by molar-refractivity contribution is 5.94. The normalized spacial score (nSPS) is 15.1. The van der Waals surface area contributed by atoms with E-state index in [0.717, 1.165) is 5.56 Å². The van der Waals surface area contributed by atoms with Crippen molar-refractivity contribution in [2.75, 3.05) is 0 Å². The number of imidazole rings is 1. The Morgan fingerprint density at radius 3 is 2.16 bits per heavy atom. The van der Waals surface area contributed by atoms with Crippen molar-refractivity contribution in [3.63, 3.8) is 0 Å². The SMILES string of the molecule is CCC(C)C(NC(=O)C(N)Cc1ccccc1)C(=O)NC(Cc1cnc[nH]1)C(=O)NC(CC(C)C)C(=O)O. The van der Waals surface area contributed by atoms with Crippen LogP contribution in [0.1, 0.15) is 51.8 Å². The lowest BCUT2D eigenvalue weighted by Crippen LogP contribution is -2.59. The number of aromatic amines is 1. The largest absolute Gasteiger partial charge is 0.480 e. The van der Waals surface area contributed by atoms with Gasteiger partial charge in [-0.25, -0.2) is 9.78 Å². The zero-order valence-electron chi connectivity index (χ0n) is 22.4. The lowest BCUT2D eigenvalue weighted by molar-refractivity contribution is -0.142. The van der Waals surface area contributed by atoms with Crippen molar-refractivity contribution in [3.8, 4) is 0 Å². The molecular weight excluding hydrogens is 488 g/mol. The summed E-state index contributed by atoms with van der Waals surface area (Å²) in [5, 5.41) is 17.6. The number of carboxylic acid groups (broad SMARTS) is 1. The average Bonchev–Trinajstić information content (AvgIpc) is 3.39. The van der Waals surface area contributed by atoms with Crippen molar-refractivity contribution < 1.29 is 24.3 Å². The van der Waals surface area contributed by atoms with Gasteiger partial charge in [-0.05, 0) is 30.2 Å². The molecule has 3 amide bonds. The van der Waals surface area contributed by atoms with Gasteiger partial charge in [-0.3, -0.25) is 14.4 Å². The van der Waals surface area contributed by atoms with Crippen LogP contribution in [-0.4, -0.2) is 62.9 Å². The van der Waals surface area contributed by atoms with E-state index in [2.05, 4.69) is 25.9 Å². The number of carbonyl (C=O) groups is 4. The van der Waals surface area contributed by atoms with Gasteiger partial charge in [0.25, 0.3) is 0 Å². The zero-order valence-corrected chi connectivity index (χ0v) is 22.4. The highest BCUT2D eigenvalue weighted by Gasteiger charge is 2.33. The maximum atomic E-state index is 13.4. The van der Waals surface area contributed by atoms with Gasteiger partial charge in [-0.15, -0.1) is 0 Å². The van der Waals surface area contributed by atoms with E-state index in [-0.39, 0.29) is 24.7 Å². The third-order valence-electron chi connectivity index (χ3n) is 6.36. The van der Waals surface area contributed by atoms with Crippen molar-refractivity contribution in [1.82, 2.24) is 25.9 Å². The molecule has 38 heavy (non-hydrogen) atoms. The first-order valence-electron chi connectivity index (χ1n) is 12.9. The van der Waals surface area contributed by atoms with Crippen LogP contribution in [0.4, 0.5) is 0 Å². The molecule has 1 heterocycles.